The lowest BCUT2D eigenvalue weighted by Crippen LogP contribution is -2.20. The average molecular weight is 382 g/mol. The first-order valence-corrected chi connectivity index (χ1v) is 9.00. The van der Waals surface area contributed by atoms with Crippen molar-refractivity contribution in [2.24, 2.45) is 5.10 Å². The van der Waals surface area contributed by atoms with Gasteiger partial charge < -0.3 is 10.6 Å². The number of hydrazone groups is 1. The van der Waals surface area contributed by atoms with E-state index in [4.69, 9.17) is 10.6 Å². The fourth-order valence-corrected chi connectivity index (χ4v) is 2.84. The summed E-state index contributed by atoms with van der Waals surface area (Å²) in [7, 11) is 1.60. The van der Waals surface area contributed by atoms with Gasteiger partial charge in [0.05, 0.1) is 19.1 Å². The number of aromatic nitrogens is 3. The van der Waals surface area contributed by atoms with Gasteiger partial charge in [0, 0.05) is 5.56 Å². The highest BCUT2D eigenvalue weighted by atomic mass is 32.2. The van der Waals surface area contributed by atoms with Crippen molar-refractivity contribution in [3.63, 3.8) is 0 Å². The number of benzene rings is 2. The fourth-order valence-electron chi connectivity index (χ4n) is 2.19. The van der Waals surface area contributed by atoms with Crippen molar-refractivity contribution in [3.05, 3.63) is 60.2 Å². The molecule has 0 unspecified atom stereocenters. The molecule has 138 valence electrons. The van der Waals surface area contributed by atoms with Crippen molar-refractivity contribution in [2.45, 2.75) is 5.16 Å². The average Bonchev–Trinajstić information content (AvgIpc) is 3.08. The minimum Gasteiger partial charge on any atom is -0.497 e. The Hall–Kier alpha value is -3.33. The van der Waals surface area contributed by atoms with Gasteiger partial charge in [-0.1, -0.05) is 42.1 Å². The zero-order valence-electron chi connectivity index (χ0n) is 14.6. The maximum absolute atomic E-state index is 11.9. The number of hydrogen-bond acceptors (Lipinski definition) is 7. The molecule has 27 heavy (non-hydrogen) atoms. The molecule has 1 amide bonds. The van der Waals surface area contributed by atoms with E-state index in [1.165, 1.54) is 16.4 Å². The molecule has 1 aromatic heterocycles. The number of nitrogens with one attached hydrogen (secondary N) is 1. The lowest BCUT2D eigenvalue weighted by Gasteiger charge is -2.03. The second-order valence-corrected chi connectivity index (χ2v) is 6.34. The van der Waals surface area contributed by atoms with Crippen LogP contribution in [0.1, 0.15) is 5.56 Å². The number of ether oxygens (including phenoxy) is 1. The molecule has 9 heteroatoms. The van der Waals surface area contributed by atoms with E-state index in [2.05, 4.69) is 20.7 Å². The molecule has 0 spiro atoms. The molecule has 8 nitrogen and oxygen atoms in total. The van der Waals surface area contributed by atoms with Gasteiger partial charge in [-0.25, -0.2) is 10.1 Å². The molecular weight excluding hydrogens is 364 g/mol. The normalized spacial score (nSPS) is 10.9. The molecule has 2 aromatic carbocycles. The van der Waals surface area contributed by atoms with Crippen molar-refractivity contribution >= 4 is 23.9 Å². The number of methoxy groups -OCH3 is 1. The smallest absolute Gasteiger partial charge is 0.250 e. The largest absolute Gasteiger partial charge is 0.497 e. The molecule has 3 N–H and O–H groups in total. The number of rotatable bonds is 7. The summed E-state index contributed by atoms with van der Waals surface area (Å²) in [6.45, 7) is 0. The standard InChI is InChI=1S/C18H18N6O2S/c1-26-15-9-7-13(8-10-15)11-20-21-16(25)12-27-18-23-22-17(24(18)19)14-5-3-2-4-6-14/h2-11H,12,19H2,1H3,(H,21,25)/b20-11+. The van der Waals surface area contributed by atoms with Crippen molar-refractivity contribution in [1.82, 2.24) is 20.3 Å². The van der Waals surface area contributed by atoms with Crippen LogP contribution in [0.15, 0.2) is 64.9 Å². The number of amides is 1. The van der Waals surface area contributed by atoms with E-state index in [1.54, 1.807) is 13.3 Å². The lowest BCUT2D eigenvalue weighted by atomic mass is 10.2. The number of nitrogens with two attached hydrogens (primary N) is 1. The Bertz CT molecular complexity index is 925. The summed E-state index contributed by atoms with van der Waals surface area (Å²) in [4.78, 5) is 11.9. The van der Waals surface area contributed by atoms with Crippen LogP contribution in [0.3, 0.4) is 0 Å². The minimum absolute atomic E-state index is 0.115. The number of hydrogen-bond donors (Lipinski definition) is 2. The Labute approximate surface area is 160 Å². The first kappa shape index (κ1) is 18.5. The van der Waals surface area contributed by atoms with Crippen LogP contribution in [0.4, 0.5) is 0 Å². The van der Waals surface area contributed by atoms with Crippen molar-refractivity contribution in [1.29, 1.82) is 0 Å². The predicted octanol–water partition coefficient (Wildman–Crippen LogP) is 1.91. The number of carbonyl (C=O) groups excluding carboxylic acids is 1. The van der Waals surface area contributed by atoms with Gasteiger partial charge in [0.15, 0.2) is 5.82 Å². The zero-order valence-corrected chi connectivity index (χ0v) is 15.4. The van der Waals surface area contributed by atoms with Crippen LogP contribution >= 0.6 is 11.8 Å². The summed E-state index contributed by atoms with van der Waals surface area (Å²) >= 11 is 1.18. The zero-order chi connectivity index (χ0) is 19.1. The van der Waals surface area contributed by atoms with E-state index < -0.39 is 0 Å². The van der Waals surface area contributed by atoms with E-state index in [9.17, 15) is 4.79 Å². The van der Waals surface area contributed by atoms with Gasteiger partial charge in [-0.3, -0.25) is 4.79 Å². The molecule has 1 heterocycles. The fraction of sp³-hybridized carbons (Fsp3) is 0.111. The molecule has 0 aliphatic carbocycles. The van der Waals surface area contributed by atoms with E-state index in [1.807, 2.05) is 54.6 Å². The van der Waals surface area contributed by atoms with E-state index in [0.29, 0.717) is 11.0 Å². The van der Waals surface area contributed by atoms with Crippen LogP contribution in [-0.4, -0.2) is 39.9 Å². The molecule has 0 atom stereocenters. The summed E-state index contributed by atoms with van der Waals surface area (Å²) in [6.07, 6.45) is 1.56. The second kappa shape index (κ2) is 8.86. The molecule has 3 aromatic rings. The Morgan fingerprint density at radius 2 is 1.96 bits per heavy atom. The van der Waals surface area contributed by atoms with Gasteiger partial charge in [-0.15, -0.1) is 10.2 Å². The van der Waals surface area contributed by atoms with Crippen LogP contribution < -0.4 is 16.0 Å². The number of carbonyl (C=O) groups is 1. The summed E-state index contributed by atoms with van der Waals surface area (Å²) in [5, 5.41) is 12.5. The molecule has 0 aliphatic heterocycles. The van der Waals surface area contributed by atoms with E-state index >= 15 is 0 Å². The topological polar surface area (TPSA) is 107 Å². The van der Waals surface area contributed by atoms with Crippen molar-refractivity contribution < 1.29 is 9.53 Å². The van der Waals surface area contributed by atoms with Crippen LogP contribution in [0.25, 0.3) is 11.4 Å². The SMILES string of the molecule is COc1ccc(/C=N/NC(=O)CSc2nnc(-c3ccccc3)n2N)cc1. The van der Waals surface area contributed by atoms with Crippen LogP contribution in [0.2, 0.25) is 0 Å². The third kappa shape index (κ3) is 4.85. The van der Waals surface area contributed by atoms with Crippen LogP contribution in [0, 0.1) is 0 Å². The number of thioether (sulfide) groups is 1. The predicted molar refractivity (Wildman–Crippen MR) is 105 cm³/mol. The number of nitrogen functional groups attached to an aromatic ring is 1. The molecule has 0 radical (unpaired) electrons. The maximum Gasteiger partial charge on any atom is 0.250 e. The molecule has 0 aliphatic rings. The van der Waals surface area contributed by atoms with Crippen molar-refractivity contribution in [2.75, 3.05) is 18.7 Å². The summed E-state index contributed by atoms with van der Waals surface area (Å²) in [6, 6.07) is 16.8. The van der Waals surface area contributed by atoms with E-state index in [-0.39, 0.29) is 11.7 Å². The molecule has 0 fully saturated rings. The van der Waals surface area contributed by atoms with Gasteiger partial charge in [0.2, 0.25) is 5.16 Å². The van der Waals surface area contributed by atoms with E-state index in [0.717, 1.165) is 16.9 Å². The summed E-state index contributed by atoms with van der Waals surface area (Å²) in [5.74, 6) is 7.16. The lowest BCUT2D eigenvalue weighted by molar-refractivity contribution is -0.118. The minimum atomic E-state index is -0.269. The molecule has 0 saturated heterocycles. The van der Waals surface area contributed by atoms with Gasteiger partial charge in [-0.2, -0.15) is 5.10 Å². The van der Waals surface area contributed by atoms with Crippen LogP contribution in [-0.2, 0) is 4.79 Å². The molecule has 0 saturated carbocycles. The Balaban J connectivity index is 1.52. The summed E-state index contributed by atoms with van der Waals surface area (Å²) < 4.78 is 6.45. The highest BCUT2D eigenvalue weighted by Gasteiger charge is 2.13. The molecular formula is C18H18N6O2S. The van der Waals surface area contributed by atoms with Gasteiger partial charge >= 0.3 is 0 Å². The summed E-state index contributed by atoms with van der Waals surface area (Å²) in [5.41, 5.74) is 4.17. The Morgan fingerprint density at radius 3 is 2.67 bits per heavy atom. The maximum atomic E-state index is 11.9. The first-order chi connectivity index (χ1) is 13.2. The van der Waals surface area contributed by atoms with Crippen LogP contribution in [0.5, 0.6) is 5.75 Å². The molecule has 3 rings (SSSR count). The van der Waals surface area contributed by atoms with Gasteiger partial charge in [0.1, 0.15) is 5.75 Å². The van der Waals surface area contributed by atoms with Gasteiger partial charge in [-0.05, 0) is 29.8 Å². The second-order valence-electron chi connectivity index (χ2n) is 5.40. The highest BCUT2D eigenvalue weighted by Crippen LogP contribution is 2.20. The van der Waals surface area contributed by atoms with Crippen molar-refractivity contribution in [3.8, 4) is 17.1 Å². The molecule has 0 bridgehead atoms. The van der Waals surface area contributed by atoms with Gasteiger partial charge in [0.25, 0.3) is 5.91 Å². The Morgan fingerprint density at radius 1 is 1.22 bits per heavy atom. The monoisotopic (exact) mass is 382 g/mol. The quantitative estimate of drug-likeness (QED) is 0.280. The first-order valence-electron chi connectivity index (χ1n) is 8.02. The Kier molecular flexibility index (Phi) is 6.06. The third-order valence-electron chi connectivity index (χ3n) is 3.55. The highest BCUT2D eigenvalue weighted by molar-refractivity contribution is 7.99. The number of nitrogens with zero attached hydrogens (tertiary/aromatic N) is 4. The third-order valence-corrected chi connectivity index (χ3v) is 4.49.